The van der Waals surface area contributed by atoms with Crippen molar-refractivity contribution < 1.29 is 8.42 Å². The molecule has 108 valence electrons. The third kappa shape index (κ3) is 2.68. The van der Waals surface area contributed by atoms with E-state index in [1.807, 2.05) is 27.8 Å². The van der Waals surface area contributed by atoms with Gasteiger partial charge in [0.2, 0.25) is 0 Å². The number of aromatic nitrogens is 2. The second-order valence-electron chi connectivity index (χ2n) is 5.23. The van der Waals surface area contributed by atoms with Crippen molar-refractivity contribution in [3.05, 3.63) is 12.0 Å². The number of aryl methyl sites for hydroxylation is 1. The minimum Gasteiger partial charge on any atom is -0.332 e. The van der Waals surface area contributed by atoms with Crippen LogP contribution in [0.5, 0.6) is 0 Å². The molecule has 7 heteroatoms. The van der Waals surface area contributed by atoms with Gasteiger partial charge in [-0.3, -0.25) is 4.90 Å². The van der Waals surface area contributed by atoms with Crippen LogP contribution in [0.2, 0.25) is 0 Å². The first kappa shape index (κ1) is 14.5. The maximum absolute atomic E-state index is 12.6. The van der Waals surface area contributed by atoms with Crippen LogP contribution in [0.4, 0.5) is 0 Å². The molecule has 1 aromatic rings. The molecular weight excluding hydrogens is 264 g/mol. The van der Waals surface area contributed by atoms with Gasteiger partial charge in [0.05, 0.1) is 6.20 Å². The molecule has 0 spiro atoms. The number of aromatic amines is 1. The van der Waals surface area contributed by atoms with Crippen LogP contribution in [0.1, 0.15) is 26.6 Å². The first-order chi connectivity index (χ1) is 8.86. The third-order valence-electron chi connectivity index (χ3n) is 3.88. The zero-order chi connectivity index (χ0) is 14.2. The average molecular weight is 286 g/mol. The molecule has 1 fully saturated rings. The lowest BCUT2D eigenvalue weighted by Gasteiger charge is -2.41. The lowest BCUT2D eigenvalue weighted by Crippen LogP contribution is -2.56. The Morgan fingerprint density at radius 3 is 2.42 bits per heavy atom. The van der Waals surface area contributed by atoms with Crippen molar-refractivity contribution in [1.82, 2.24) is 19.2 Å². The molecule has 6 nitrogen and oxygen atoms in total. The Balaban J connectivity index is 2.25. The topological polar surface area (TPSA) is 69.3 Å². The molecule has 0 saturated carbocycles. The maximum atomic E-state index is 12.6. The van der Waals surface area contributed by atoms with Gasteiger partial charge in [0, 0.05) is 31.6 Å². The molecular formula is C12H22N4O2S. The highest BCUT2D eigenvalue weighted by atomic mass is 32.2. The Morgan fingerprint density at radius 1 is 1.37 bits per heavy atom. The summed E-state index contributed by atoms with van der Waals surface area (Å²) in [7, 11) is -1.42. The zero-order valence-corrected chi connectivity index (χ0v) is 12.7. The molecule has 0 amide bonds. The number of nitrogens with one attached hydrogen (secondary N) is 1. The molecule has 2 heterocycles. The number of sulfonamides is 1. The molecule has 0 aromatic carbocycles. The summed E-state index contributed by atoms with van der Waals surface area (Å²) in [4.78, 5) is 9.17. The summed E-state index contributed by atoms with van der Waals surface area (Å²) in [5, 5.41) is 0.202. The Hall–Kier alpha value is -0.920. The molecule has 1 aliphatic heterocycles. The van der Waals surface area contributed by atoms with E-state index in [0.29, 0.717) is 25.3 Å². The third-order valence-corrected chi connectivity index (χ3v) is 5.63. The lowest BCUT2D eigenvalue weighted by atomic mass is 10.1. The minimum atomic E-state index is -3.45. The molecule has 0 radical (unpaired) electrons. The first-order valence-corrected chi connectivity index (χ1v) is 8.06. The summed E-state index contributed by atoms with van der Waals surface area (Å²) in [5.74, 6) is 0.703. The smallest absolute Gasteiger partial charge is 0.260 e. The summed E-state index contributed by atoms with van der Waals surface area (Å²) >= 11 is 0. The summed E-state index contributed by atoms with van der Waals surface area (Å²) in [6, 6.07) is 0.430. The molecule has 0 bridgehead atoms. The fraction of sp³-hybridized carbons (Fsp3) is 0.750. The predicted octanol–water partition coefficient (Wildman–Crippen LogP) is 0.685. The summed E-state index contributed by atoms with van der Waals surface area (Å²) in [5.41, 5.74) is 0. The van der Waals surface area contributed by atoms with Gasteiger partial charge < -0.3 is 4.98 Å². The number of H-pyrrole nitrogens is 1. The fourth-order valence-electron chi connectivity index (χ4n) is 2.35. The van der Waals surface area contributed by atoms with E-state index < -0.39 is 10.0 Å². The van der Waals surface area contributed by atoms with Gasteiger partial charge in [0.1, 0.15) is 5.82 Å². The van der Waals surface area contributed by atoms with E-state index in [2.05, 4.69) is 14.9 Å². The van der Waals surface area contributed by atoms with Gasteiger partial charge in [-0.1, -0.05) is 6.92 Å². The van der Waals surface area contributed by atoms with Gasteiger partial charge in [-0.25, -0.2) is 13.4 Å². The number of imidazole rings is 1. The van der Waals surface area contributed by atoms with Gasteiger partial charge >= 0.3 is 0 Å². The molecule has 1 N–H and O–H groups in total. The van der Waals surface area contributed by atoms with Crippen LogP contribution in [-0.4, -0.2) is 59.8 Å². The molecule has 1 aliphatic rings. The minimum absolute atomic E-state index is 0.202. The van der Waals surface area contributed by atoms with Crippen molar-refractivity contribution in [2.24, 2.45) is 0 Å². The SMILES string of the molecule is CCc1ncc(S(=O)(=O)N2CC(C)N(C)C(C)C2)[nH]1. The molecule has 2 rings (SSSR count). The van der Waals surface area contributed by atoms with Crippen molar-refractivity contribution in [2.75, 3.05) is 20.1 Å². The predicted molar refractivity (Wildman–Crippen MR) is 73.4 cm³/mol. The standard InChI is InChI=1S/C12H22N4O2S/c1-5-11-13-6-12(14-11)19(17,18)16-7-9(2)15(4)10(3)8-16/h6,9-10H,5,7-8H2,1-4H3,(H,13,14). The fourth-order valence-corrected chi connectivity index (χ4v) is 3.88. The van der Waals surface area contributed by atoms with Gasteiger partial charge in [-0.05, 0) is 20.9 Å². The van der Waals surface area contributed by atoms with Crippen LogP contribution in [0.15, 0.2) is 11.2 Å². The monoisotopic (exact) mass is 286 g/mol. The van der Waals surface area contributed by atoms with E-state index in [9.17, 15) is 8.42 Å². The molecule has 2 atom stereocenters. The molecule has 19 heavy (non-hydrogen) atoms. The number of hydrogen-bond donors (Lipinski definition) is 1. The largest absolute Gasteiger partial charge is 0.332 e. The van der Waals surface area contributed by atoms with Gasteiger partial charge in [0.25, 0.3) is 10.0 Å². The van der Waals surface area contributed by atoms with E-state index in [-0.39, 0.29) is 17.1 Å². The number of likely N-dealkylation sites (N-methyl/N-ethyl adjacent to an activating group) is 1. The Labute approximate surface area is 114 Å². The second-order valence-corrected chi connectivity index (χ2v) is 7.14. The van der Waals surface area contributed by atoms with Gasteiger partial charge in [-0.15, -0.1) is 0 Å². The molecule has 1 saturated heterocycles. The average Bonchev–Trinajstić information content (AvgIpc) is 2.84. The highest BCUT2D eigenvalue weighted by Crippen LogP contribution is 2.21. The van der Waals surface area contributed by atoms with E-state index in [1.54, 1.807) is 4.31 Å². The summed E-state index contributed by atoms with van der Waals surface area (Å²) < 4.78 is 26.7. The van der Waals surface area contributed by atoms with Gasteiger partial charge in [0.15, 0.2) is 5.03 Å². The van der Waals surface area contributed by atoms with Crippen LogP contribution in [-0.2, 0) is 16.4 Å². The highest BCUT2D eigenvalue weighted by Gasteiger charge is 2.35. The number of rotatable bonds is 3. The van der Waals surface area contributed by atoms with Crippen molar-refractivity contribution in [1.29, 1.82) is 0 Å². The van der Waals surface area contributed by atoms with E-state index >= 15 is 0 Å². The maximum Gasteiger partial charge on any atom is 0.260 e. The van der Waals surface area contributed by atoms with Crippen molar-refractivity contribution >= 4 is 10.0 Å². The summed E-state index contributed by atoms with van der Waals surface area (Å²) in [6.45, 7) is 7.06. The van der Waals surface area contributed by atoms with E-state index in [4.69, 9.17) is 0 Å². The van der Waals surface area contributed by atoms with E-state index in [1.165, 1.54) is 6.20 Å². The lowest BCUT2D eigenvalue weighted by molar-refractivity contribution is 0.105. The summed E-state index contributed by atoms with van der Waals surface area (Å²) in [6.07, 6.45) is 2.12. The van der Waals surface area contributed by atoms with Crippen LogP contribution in [0.25, 0.3) is 0 Å². The van der Waals surface area contributed by atoms with E-state index in [0.717, 1.165) is 0 Å². The first-order valence-electron chi connectivity index (χ1n) is 6.62. The quantitative estimate of drug-likeness (QED) is 0.887. The van der Waals surface area contributed by atoms with Crippen LogP contribution in [0, 0.1) is 0 Å². The zero-order valence-electron chi connectivity index (χ0n) is 11.9. The van der Waals surface area contributed by atoms with Crippen LogP contribution < -0.4 is 0 Å². The van der Waals surface area contributed by atoms with Crippen molar-refractivity contribution in [3.63, 3.8) is 0 Å². The van der Waals surface area contributed by atoms with Crippen molar-refractivity contribution in [3.8, 4) is 0 Å². The number of piperazine rings is 1. The van der Waals surface area contributed by atoms with Crippen LogP contribution in [0.3, 0.4) is 0 Å². The number of nitrogens with zero attached hydrogens (tertiary/aromatic N) is 3. The Morgan fingerprint density at radius 2 is 1.95 bits per heavy atom. The Kier molecular flexibility index (Phi) is 3.98. The molecule has 1 aromatic heterocycles. The Bertz CT molecular complexity index is 528. The second kappa shape index (κ2) is 5.22. The molecule has 0 aliphatic carbocycles. The number of hydrogen-bond acceptors (Lipinski definition) is 4. The van der Waals surface area contributed by atoms with Crippen LogP contribution >= 0.6 is 0 Å². The normalized spacial score (nSPS) is 26.7. The van der Waals surface area contributed by atoms with Gasteiger partial charge in [-0.2, -0.15) is 4.31 Å². The highest BCUT2D eigenvalue weighted by molar-refractivity contribution is 7.89. The van der Waals surface area contributed by atoms with Crippen molar-refractivity contribution in [2.45, 2.75) is 44.3 Å². The molecule has 2 unspecified atom stereocenters.